The van der Waals surface area contributed by atoms with E-state index in [9.17, 15) is 30.0 Å². The SMILES string of the molecule is CCOC(=O)CC1(C)C(=O)OC(CC)C(C)(O)C(O)C(C)N(C)CC(C)CC2(C)OC1(O)C(C)C2OC1OC(C)CC(N(C)C)C1O. The molecule has 0 spiro atoms. The van der Waals surface area contributed by atoms with E-state index in [2.05, 4.69) is 0 Å². The summed E-state index contributed by atoms with van der Waals surface area (Å²) in [5.74, 6) is -5.15. The highest BCUT2D eigenvalue weighted by atomic mass is 16.7. The largest absolute Gasteiger partial charge is 0.466 e. The Labute approximate surface area is 280 Å². The van der Waals surface area contributed by atoms with Crippen molar-refractivity contribution in [1.29, 1.82) is 0 Å². The minimum absolute atomic E-state index is 0.0474. The molecule has 0 aromatic carbocycles. The fourth-order valence-corrected chi connectivity index (χ4v) is 8.13. The number of likely N-dealkylation sites (N-methyl/N-ethyl adjacent to an activating group) is 2. The Bertz CT molecular complexity index is 1090. The first kappa shape index (κ1) is 40.0. The lowest BCUT2D eigenvalue weighted by Gasteiger charge is -2.46. The van der Waals surface area contributed by atoms with Crippen LogP contribution in [-0.4, -0.2) is 142 Å². The summed E-state index contributed by atoms with van der Waals surface area (Å²) in [6.07, 6.45) is -5.29. The molecule has 14 atom stereocenters. The van der Waals surface area contributed by atoms with Gasteiger partial charge >= 0.3 is 11.9 Å². The number of nitrogens with zero attached hydrogens (tertiary/aromatic N) is 2. The fourth-order valence-electron chi connectivity index (χ4n) is 8.13. The molecule has 3 rings (SSSR count). The van der Waals surface area contributed by atoms with E-state index in [4.69, 9.17) is 23.7 Å². The molecule has 274 valence electrons. The maximum Gasteiger partial charge on any atom is 0.318 e. The number of rotatable bonds is 7. The van der Waals surface area contributed by atoms with Crippen molar-refractivity contribution in [2.24, 2.45) is 17.3 Å². The van der Waals surface area contributed by atoms with Gasteiger partial charge in [-0.1, -0.05) is 20.8 Å². The van der Waals surface area contributed by atoms with Crippen molar-refractivity contribution in [2.75, 3.05) is 34.3 Å². The molecular weight excluding hydrogens is 612 g/mol. The number of carbonyl (C=O) groups is 2. The first-order chi connectivity index (χ1) is 21.6. The number of hydrogen-bond acceptors (Lipinski definition) is 13. The molecule has 0 aromatic heterocycles. The van der Waals surface area contributed by atoms with Gasteiger partial charge in [-0.25, -0.2) is 0 Å². The van der Waals surface area contributed by atoms with Crippen molar-refractivity contribution in [3.05, 3.63) is 0 Å². The normalized spacial score (nSPS) is 47.4. The van der Waals surface area contributed by atoms with Crippen LogP contribution in [0.3, 0.4) is 0 Å². The van der Waals surface area contributed by atoms with Gasteiger partial charge in [0, 0.05) is 24.5 Å². The highest BCUT2D eigenvalue weighted by Gasteiger charge is 2.70. The van der Waals surface area contributed by atoms with Crippen LogP contribution in [0.4, 0.5) is 0 Å². The molecule has 13 nitrogen and oxygen atoms in total. The molecule has 0 aliphatic carbocycles. The van der Waals surface area contributed by atoms with Crippen LogP contribution in [0.15, 0.2) is 0 Å². The third-order valence-corrected chi connectivity index (χ3v) is 11.0. The van der Waals surface area contributed by atoms with E-state index in [1.807, 2.05) is 44.8 Å². The van der Waals surface area contributed by atoms with E-state index in [0.29, 0.717) is 19.4 Å². The molecule has 2 bridgehead atoms. The minimum Gasteiger partial charge on any atom is -0.466 e. The summed E-state index contributed by atoms with van der Waals surface area (Å²) in [7, 11) is 5.60. The van der Waals surface area contributed by atoms with Gasteiger partial charge in [-0.3, -0.25) is 9.59 Å². The second-order valence-corrected chi connectivity index (χ2v) is 15.3. The van der Waals surface area contributed by atoms with Gasteiger partial charge in [-0.2, -0.15) is 0 Å². The predicted octanol–water partition coefficient (Wildman–Crippen LogP) is 1.66. The van der Waals surface area contributed by atoms with Crippen LogP contribution >= 0.6 is 0 Å². The first-order valence-corrected chi connectivity index (χ1v) is 17.1. The number of esters is 2. The van der Waals surface area contributed by atoms with E-state index in [0.717, 1.165) is 0 Å². The van der Waals surface area contributed by atoms with Crippen molar-refractivity contribution in [2.45, 2.75) is 154 Å². The molecule has 0 amide bonds. The summed E-state index contributed by atoms with van der Waals surface area (Å²) in [5, 5.41) is 47.1. The van der Waals surface area contributed by atoms with E-state index < -0.39 is 83.4 Å². The van der Waals surface area contributed by atoms with Crippen molar-refractivity contribution in [3.63, 3.8) is 0 Å². The van der Waals surface area contributed by atoms with Crippen molar-refractivity contribution in [3.8, 4) is 0 Å². The quantitative estimate of drug-likeness (QED) is 0.288. The minimum atomic E-state index is -2.34. The molecule has 3 fully saturated rings. The highest BCUT2D eigenvalue weighted by molar-refractivity contribution is 5.84. The zero-order valence-corrected chi connectivity index (χ0v) is 30.6. The fraction of sp³-hybridized carbons (Fsp3) is 0.941. The number of fused-ring (bicyclic) bond motifs is 2. The van der Waals surface area contributed by atoms with Crippen LogP contribution in [0.2, 0.25) is 0 Å². The summed E-state index contributed by atoms with van der Waals surface area (Å²) in [6.45, 7) is 15.9. The average molecular weight is 675 g/mol. The number of carbonyl (C=O) groups excluding carboxylic acids is 2. The van der Waals surface area contributed by atoms with Crippen molar-refractivity contribution < 1.29 is 53.7 Å². The zero-order valence-electron chi connectivity index (χ0n) is 30.6. The second kappa shape index (κ2) is 14.8. The number of hydrogen-bond donors (Lipinski definition) is 4. The van der Waals surface area contributed by atoms with Crippen molar-refractivity contribution in [1.82, 2.24) is 9.80 Å². The molecule has 4 N–H and O–H groups in total. The van der Waals surface area contributed by atoms with Crippen LogP contribution < -0.4 is 0 Å². The zero-order chi connectivity index (χ0) is 35.9. The number of aliphatic hydroxyl groups excluding tert-OH is 2. The van der Waals surface area contributed by atoms with Crippen LogP contribution in [0.1, 0.15) is 88.0 Å². The monoisotopic (exact) mass is 674 g/mol. The van der Waals surface area contributed by atoms with Crippen LogP contribution in [0, 0.1) is 17.3 Å². The van der Waals surface area contributed by atoms with Gasteiger partial charge in [0.15, 0.2) is 12.1 Å². The topological polar surface area (TPSA) is 168 Å². The maximum atomic E-state index is 14.4. The molecule has 47 heavy (non-hydrogen) atoms. The molecule has 0 saturated carbocycles. The van der Waals surface area contributed by atoms with E-state index in [1.165, 1.54) is 13.8 Å². The lowest BCUT2D eigenvalue weighted by molar-refractivity contribution is -0.300. The maximum absolute atomic E-state index is 14.4. The number of cyclic esters (lactones) is 1. The molecular formula is C34H62N2O11. The molecule has 0 aromatic rings. The summed E-state index contributed by atoms with van der Waals surface area (Å²) in [5.41, 5.74) is -5.17. The Kier molecular flexibility index (Phi) is 12.6. The molecule has 3 aliphatic heterocycles. The Morgan fingerprint density at radius 1 is 1.09 bits per heavy atom. The molecule has 3 heterocycles. The van der Waals surface area contributed by atoms with Gasteiger partial charge in [0.05, 0.1) is 30.8 Å². The lowest BCUT2D eigenvalue weighted by atomic mass is 9.71. The highest BCUT2D eigenvalue weighted by Crippen LogP contribution is 2.56. The smallest absolute Gasteiger partial charge is 0.318 e. The van der Waals surface area contributed by atoms with Crippen LogP contribution in [0.5, 0.6) is 0 Å². The predicted molar refractivity (Wildman–Crippen MR) is 173 cm³/mol. The Hall–Kier alpha value is -1.42. The number of ether oxygens (including phenoxy) is 5. The molecule has 13 heteroatoms. The van der Waals surface area contributed by atoms with Crippen molar-refractivity contribution >= 4 is 11.9 Å². The lowest BCUT2D eigenvalue weighted by Crippen LogP contribution is -2.62. The van der Waals surface area contributed by atoms with E-state index in [-0.39, 0.29) is 31.1 Å². The second-order valence-electron chi connectivity index (χ2n) is 15.3. The van der Waals surface area contributed by atoms with Gasteiger partial charge in [0.25, 0.3) is 0 Å². The Morgan fingerprint density at radius 2 is 1.70 bits per heavy atom. The van der Waals surface area contributed by atoms with Gasteiger partial charge < -0.3 is 53.9 Å². The van der Waals surface area contributed by atoms with Gasteiger partial charge in [-0.15, -0.1) is 0 Å². The molecule has 3 aliphatic rings. The molecule has 0 radical (unpaired) electrons. The molecule has 14 unspecified atom stereocenters. The van der Waals surface area contributed by atoms with Crippen LogP contribution in [0.25, 0.3) is 0 Å². The molecule has 3 saturated heterocycles. The third kappa shape index (κ3) is 7.68. The Balaban J connectivity index is 2.20. The summed E-state index contributed by atoms with van der Waals surface area (Å²) >= 11 is 0. The Morgan fingerprint density at radius 3 is 2.26 bits per heavy atom. The summed E-state index contributed by atoms with van der Waals surface area (Å²) < 4.78 is 30.6. The van der Waals surface area contributed by atoms with E-state index in [1.54, 1.807) is 34.6 Å². The van der Waals surface area contributed by atoms with Gasteiger partial charge in [0.1, 0.15) is 29.3 Å². The summed E-state index contributed by atoms with van der Waals surface area (Å²) in [6, 6.07) is -0.791. The summed E-state index contributed by atoms with van der Waals surface area (Å²) in [4.78, 5) is 31.3. The average Bonchev–Trinajstić information content (AvgIpc) is 3.16. The standard InChI is InChI=1S/C34H62N2O11/c1-13-24-33(9,41)27(39)22(6)36(12)18-19(3)16-32(8)28(46-29-26(38)23(35(10)11)15-20(4)44-29)21(5)34(42,47-32)31(7,30(40)45-24)17-25(37)43-14-2/h19-24,26-29,38-39,41-42H,13-18H2,1-12H3. The third-order valence-electron chi connectivity index (χ3n) is 11.0. The van der Waals surface area contributed by atoms with E-state index >= 15 is 0 Å². The van der Waals surface area contributed by atoms with Gasteiger partial charge in [-0.05, 0) is 87.9 Å². The first-order valence-electron chi connectivity index (χ1n) is 17.1. The van der Waals surface area contributed by atoms with Crippen LogP contribution in [-0.2, 0) is 33.3 Å². The number of aliphatic hydroxyl groups is 4. The van der Waals surface area contributed by atoms with Gasteiger partial charge in [0.2, 0.25) is 0 Å².